The molecule has 0 saturated heterocycles. The fourth-order valence-electron chi connectivity index (χ4n) is 6.21. The Labute approximate surface area is 273 Å². The summed E-state index contributed by atoms with van der Waals surface area (Å²) in [5.74, 6) is -9.26. The van der Waals surface area contributed by atoms with Crippen molar-refractivity contribution >= 4 is 23.3 Å². The third kappa shape index (κ3) is 7.16. The van der Waals surface area contributed by atoms with Crippen molar-refractivity contribution in [1.82, 2.24) is 5.32 Å². The van der Waals surface area contributed by atoms with Crippen LogP contribution in [0.25, 0.3) is 0 Å². The van der Waals surface area contributed by atoms with Crippen molar-refractivity contribution in [2.24, 2.45) is 29.6 Å². The van der Waals surface area contributed by atoms with Crippen molar-refractivity contribution in [1.29, 1.82) is 0 Å². The van der Waals surface area contributed by atoms with E-state index >= 15 is 0 Å². The lowest BCUT2D eigenvalue weighted by molar-refractivity contribution is -0.115. The van der Waals surface area contributed by atoms with Crippen molar-refractivity contribution in [2.75, 3.05) is 6.61 Å². The summed E-state index contributed by atoms with van der Waals surface area (Å²) in [4.78, 5) is 53.9. The fourth-order valence-corrected chi connectivity index (χ4v) is 6.21. The number of hydrogen-bond donors (Lipinski definition) is 8. The zero-order valence-electron chi connectivity index (χ0n) is 27.6. The second kappa shape index (κ2) is 14.9. The molecule has 8 N–H and O–H groups in total. The Bertz CT molecular complexity index is 1570. The van der Waals surface area contributed by atoms with Crippen LogP contribution in [0.2, 0.25) is 0 Å². The molecule has 3 aliphatic rings. The van der Waals surface area contributed by atoms with Crippen molar-refractivity contribution in [3.63, 3.8) is 0 Å². The first-order valence-corrected chi connectivity index (χ1v) is 15.5. The van der Waals surface area contributed by atoms with Crippen LogP contribution in [0.1, 0.15) is 78.2 Å². The number of hydrogen-bond acceptors (Lipinski definition) is 11. The van der Waals surface area contributed by atoms with Crippen LogP contribution in [-0.4, -0.2) is 90.0 Å². The van der Waals surface area contributed by atoms with E-state index in [4.69, 9.17) is 0 Å². The van der Waals surface area contributed by atoms with E-state index in [0.29, 0.717) is 0 Å². The highest BCUT2D eigenvalue weighted by atomic mass is 16.3. The Morgan fingerprint density at radius 3 is 1.74 bits per heavy atom. The van der Waals surface area contributed by atoms with E-state index in [1.54, 1.807) is 26.8 Å². The number of ketones is 3. The number of allylic oxidation sites excluding steroid dienone is 5. The molecule has 4 bridgehead atoms. The molecule has 12 heteroatoms. The first-order chi connectivity index (χ1) is 21.9. The minimum absolute atomic E-state index is 0.136. The van der Waals surface area contributed by atoms with Gasteiger partial charge in [0.05, 0.1) is 53.4 Å². The van der Waals surface area contributed by atoms with Gasteiger partial charge in [-0.05, 0) is 26.3 Å². The molecule has 0 unspecified atom stereocenters. The minimum atomic E-state index is -1.44. The third-order valence-electron chi connectivity index (χ3n) is 9.57. The maximum Gasteiger partial charge on any atom is 0.248 e. The Morgan fingerprint density at radius 2 is 1.19 bits per heavy atom. The van der Waals surface area contributed by atoms with Crippen molar-refractivity contribution in [2.45, 2.75) is 72.9 Å². The molecule has 9 atom stereocenters. The maximum atomic E-state index is 13.8. The van der Waals surface area contributed by atoms with Crippen molar-refractivity contribution < 1.29 is 54.9 Å². The molecule has 2 aliphatic heterocycles. The van der Waals surface area contributed by atoms with Gasteiger partial charge in [0, 0.05) is 46.8 Å². The number of carbonyl (C=O) groups is 4. The summed E-state index contributed by atoms with van der Waals surface area (Å²) < 4.78 is 0. The molecule has 2 heterocycles. The summed E-state index contributed by atoms with van der Waals surface area (Å²) in [6.07, 6.45) is 1.66. The van der Waals surface area contributed by atoms with Gasteiger partial charge in [-0.15, -0.1) is 0 Å². The molecule has 0 aromatic heterocycles. The van der Waals surface area contributed by atoms with E-state index in [9.17, 15) is 54.9 Å². The molecule has 1 aliphatic carbocycles. The number of aliphatic hydroxyl groups excluding tert-OH is 5. The van der Waals surface area contributed by atoms with Gasteiger partial charge in [-0.2, -0.15) is 0 Å². The summed E-state index contributed by atoms with van der Waals surface area (Å²) in [6, 6.07) is 0. The van der Waals surface area contributed by atoms with Gasteiger partial charge in [0.1, 0.15) is 11.5 Å². The molecule has 1 aromatic rings. The topological polar surface area (TPSA) is 222 Å². The SMILES string of the molecule is CC1=C2NC(=O)/C=C\C=C/[C@H](C)[C@H](O)[C@@H](C)[C@@H](O)[C@@H](C)[C@H](O)[C@H](C)[C@@H](O)[C@@H](CO)/C=C(/C)C(=O)c3c(O)c(C)c(O)c(c3C1=O)C2=O. The first-order valence-electron chi connectivity index (χ1n) is 15.5. The van der Waals surface area contributed by atoms with E-state index < -0.39 is 118 Å². The molecule has 256 valence electrons. The van der Waals surface area contributed by atoms with E-state index in [2.05, 4.69) is 5.32 Å². The molecule has 47 heavy (non-hydrogen) atoms. The quantitative estimate of drug-likeness (QED) is 0.219. The van der Waals surface area contributed by atoms with Gasteiger partial charge in [0.2, 0.25) is 11.7 Å². The smallest absolute Gasteiger partial charge is 0.248 e. The minimum Gasteiger partial charge on any atom is -0.507 e. The van der Waals surface area contributed by atoms with E-state index in [1.165, 1.54) is 45.9 Å². The lowest BCUT2D eigenvalue weighted by Gasteiger charge is -2.37. The molecule has 0 spiro atoms. The highest BCUT2D eigenvalue weighted by molar-refractivity contribution is 6.32. The normalized spacial score (nSPS) is 34.1. The summed E-state index contributed by atoms with van der Waals surface area (Å²) >= 11 is 0. The average Bonchev–Trinajstić information content (AvgIpc) is 3.05. The number of nitrogens with one attached hydrogen (secondary N) is 1. The second-order valence-corrected chi connectivity index (χ2v) is 12.8. The van der Waals surface area contributed by atoms with Crippen LogP contribution in [0, 0.1) is 36.5 Å². The molecular formula is C35H45NO11. The number of aromatic hydroxyl groups is 2. The number of aliphatic hydroxyl groups is 5. The van der Waals surface area contributed by atoms with Crippen LogP contribution in [-0.2, 0) is 4.79 Å². The number of benzene rings is 1. The maximum absolute atomic E-state index is 13.8. The second-order valence-electron chi connectivity index (χ2n) is 12.8. The van der Waals surface area contributed by atoms with Crippen LogP contribution in [0.4, 0.5) is 0 Å². The Balaban J connectivity index is 2.24. The molecule has 4 rings (SSSR count). The third-order valence-corrected chi connectivity index (χ3v) is 9.57. The number of phenols is 2. The summed E-state index contributed by atoms with van der Waals surface area (Å²) in [6.45, 7) is 9.49. The van der Waals surface area contributed by atoms with Crippen molar-refractivity contribution in [3.8, 4) is 11.5 Å². The van der Waals surface area contributed by atoms with Crippen LogP contribution in [0.5, 0.6) is 11.5 Å². The monoisotopic (exact) mass is 655 g/mol. The zero-order chi connectivity index (χ0) is 35.7. The standard InChI is InChI=1S/C35H45NO11/c1-14-10-8-9-11-22(38)36-26-16(3)32(44)23-24(33(45)20(7)34(46)25(23)35(26)47)28(40)15(2)12-21(13-37)31(43)19(6)30(42)18(5)29(41)17(4)27(14)39/h8-12,14,17-19,21,27,29-31,37,39,41-43,45-46H,13H2,1-7H3,(H,36,38)/b10-8-,11-9-,15-12-/t14-,17+,18+,19-,21+,27-,29+,30-,31+/m0/s1. The summed E-state index contributed by atoms with van der Waals surface area (Å²) in [5, 5.41) is 78.7. The number of rotatable bonds is 1. The molecule has 1 amide bonds. The highest BCUT2D eigenvalue weighted by Crippen LogP contribution is 2.43. The molecule has 0 radical (unpaired) electrons. The van der Waals surface area contributed by atoms with E-state index in [1.807, 2.05) is 0 Å². The number of fused-ring (bicyclic) bond motifs is 15. The predicted octanol–water partition coefficient (Wildman–Crippen LogP) is 2.03. The Hall–Kier alpha value is -3.94. The number of Topliss-reactive ketones (excluding diaryl/α,β-unsaturated/α-hetero) is 3. The van der Waals surface area contributed by atoms with Crippen LogP contribution < -0.4 is 5.32 Å². The largest absolute Gasteiger partial charge is 0.507 e. The zero-order valence-corrected chi connectivity index (χ0v) is 27.6. The van der Waals surface area contributed by atoms with Gasteiger partial charge in [-0.25, -0.2) is 0 Å². The van der Waals surface area contributed by atoms with Gasteiger partial charge in [0.25, 0.3) is 0 Å². The van der Waals surface area contributed by atoms with Crippen LogP contribution in [0.3, 0.4) is 0 Å². The number of carbonyl (C=O) groups excluding carboxylic acids is 4. The van der Waals surface area contributed by atoms with Crippen molar-refractivity contribution in [3.05, 3.63) is 69.5 Å². The van der Waals surface area contributed by atoms with Gasteiger partial charge in [-0.1, -0.05) is 52.0 Å². The molecular weight excluding hydrogens is 610 g/mol. The Kier molecular flexibility index (Phi) is 11.9. The first kappa shape index (κ1) is 37.5. The Morgan fingerprint density at radius 1 is 0.681 bits per heavy atom. The van der Waals surface area contributed by atoms with Gasteiger partial charge >= 0.3 is 0 Å². The van der Waals surface area contributed by atoms with E-state index in [0.717, 1.165) is 6.08 Å². The van der Waals surface area contributed by atoms with Gasteiger partial charge < -0.3 is 41.1 Å². The van der Waals surface area contributed by atoms with Crippen LogP contribution in [0.15, 0.2) is 47.2 Å². The fraction of sp³-hybridized carbons (Fsp3) is 0.486. The number of amides is 1. The lowest BCUT2D eigenvalue weighted by Crippen LogP contribution is -2.46. The predicted molar refractivity (Wildman–Crippen MR) is 172 cm³/mol. The summed E-state index contributed by atoms with van der Waals surface area (Å²) in [7, 11) is 0. The molecule has 0 saturated carbocycles. The van der Waals surface area contributed by atoms with Gasteiger partial charge in [0.15, 0.2) is 11.6 Å². The van der Waals surface area contributed by atoms with E-state index in [-0.39, 0.29) is 16.7 Å². The highest BCUT2D eigenvalue weighted by Gasteiger charge is 2.41. The average molecular weight is 656 g/mol. The van der Waals surface area contributed by atoms with Crippen LogP contribution >= 0.6 is 0 Å². The molecule has 12 nitrogen and oxygen atoms in total. The molecule has 0 fully saturated rings. The summed E-state index contributed by atoms with van der Waals surface area (Å²) in [5.41, 5.74) is -2.80. The number of phenolic OH excluding ortho intramolecular Hbond substituents is 2. The van der Waals surface area contributed by atoms with Gasteiger partial charge in [-0.3, -0.25) is 19.2 Å². The lowest BCUT2D eigenvalue weighted by atomic mass is 9.76. The molecule has 1 aromatic carbocycles.